The van der Waals surface area contributed by atoms with Crippen LogP contribution in [0, 0.1) is 0 Å². The summed E-state index contributed by atoms with van der Waals surface area (Å²) in [5.41, 5.74) is 0.728. The molecule has 0 amide bonds. The second-order valence-electron chi connectivity index (χ2n) is 5.94. The molecule has 0 saturated carbocycles. The van der Waals surface area contributed by atoms with Crippen molar-refractivity contribution in [1.82, 2.24) is 24.7 Å². The molecule has 0 aliphatic carbocycles. The van der Waals surface area contributed by atoms with Crippen molar-refractivity contribution < 1.29 is 9.47 Å². The van der Waals surface area contributed by atoms with Gasteiger partial charge in [0.05, 0.1) is 25.1 Å². The number of halogens is 1. The Balaban J connectivity index is 1.78. The average Bonchev–Trinajstić information content (AvgIpc) is 2.98. The number of nitrogens with one attached hydrogen (secondary N) is 1. The van der Waals surface area contributed by atoms with Crippen molar-refractivity contribution in [2.75, 3.05) is 11.9 Å². The first-order chi connectivity index (χ1) is 12.6. The maximum atomic E-state index is 6.20. The summed E-state index contributed by atoms with van der Waals surface area (Å²) in [4.78, 5) is 13.2. The number of anilines is 2. The summed E-state index contributed by atoms with van der Waals surface area (Å²) in [6.45, 7) is 2.43. The molecule has 1 N–H and O–H groups in total. The fourth-order valence-electron chi connectivity index (χ4n) is 2.62. The molecule has 0 saturated heterocycles. The Morgan fingerprint density at radius 3 is 3.04 bits per heavy atom. The van der Waals surface area contributed by atoms with E-state index in [4.69, 9.17) is 21.1 Å². The van der Waals surface area contributed by atoms with Crippen molar-refractivity contribution in [2.45, 2.75) is 19.4 Å². The Kier molecular flexibility index (Phi) is 4.34. The van der Waals surface area contributed by atoms with Gasteiger partial charge in [-0.3, -0.25) is 0 Å². The molecule has 3 aromatic heterocycles. The first-order valence-electron chi connectivity index (χ1n) is 8.17. The van der Waals surface area contributed by atoms with Crippen molar-refractivity contribution in [1.29, 1.82) is 0 Å². The minimum Gasteiger partial charge on any atom is -0.489 e. The maximum absolute atomic E-state index is 6.20. The van der Waals surface area contributed by atoms with Gasteiger partial charge in [0, 0.05) is 25.7 Å². The number of aryl methyl sites for hydroxylation is 1. The minimum atomic E-state index is -0.0866. The van der Waals surface area contributed by atoms with Crippen molar-refractivity contribution >= 4 is 23.2 Å². The van der Waals surface area contributed by atoms with Crippen LogP contribution in [0.2, 0.25) is 5.02 Å². The van der Waals surface area contributed by atoms with E-state index in [0.717, 1.165) is 5.56 Å². The topological polar surface area (TPSA) is 87.0 Å². The molecule has 26 heavy (non-hydrogen) atoms. The zero-order valence-corrected chi connectivity index (χ0v) is 15.1. The molecule has 4 heterocycles. The number of hydrogen-bond donors (Lipinski definition) is 1. The molecule has 0 spiro atoms. The van der Waals surface area contributed by atoms with Crippen LogP contribution in [0.15, 0.2) is 30.7 Å². The standard InChI is InChI=1S/C17H17ClN6O2/c1-10-4-6-25-17-11(8-21-24(17)2)16-19-5-3-14(23-16)22-15-7-13(26-10)12(18)9-20-15/h3,5,7-10H,4,6H2,1-2H3,(H,19,20,22,23)/t10-/m0/s1. The fourth-order valence-corrected chi connectivity index (χ4v) is 2.76. The largest absolute Gasteiger partial charge is 0.489 e. The number of ether oxygens (including phenoxy) is 2. The van der Waals surface area contributed by atoms with E-state index in [1.165, 1.54) is 0 Å². The molecule has 4 bridgehead atoms. The number of hydrogen-bond acceptors (Lipinski definition) is 7. The quantitative estimate of drug-likeness (QED) is 0.648. The van der Waals surface area contributed by atoms with E-state index in [-0.39, 0.29) is 6.10 Å². The summed E-state index contributed by atoms with van der Waals surface area (Å²) in [5.74, 6) is 2.87. The summed E-state index contributed by atoms with van der Waals surface area (Å²) >= 11 is 6.20. The smallest absolute Gasteiger partial charge is 0.222 e. The Morgan fingerprint density at radius 1 is 1.27 bits per heavy atom. The normalized spacial score (nSPS) is 16.5. The van der Waals surface area contributed by atoms with Gasteiger partial charge in [0.15, 0.2) is 5.82 Å². The van der Waals surface area contributed by atoms with Crippen LogP contribution in [-0.2, 0) is 7.05 Å². The van der Waals surface area contributed by atoms with Gasteiger partial charge < -0.3 is 14.8 Å². The van der Waals surface area contributed by atoms with E-state index in [1.54, 1.807) is 35.4 Å². The number of pyridine rings is 1. The van der Waals surface area contributed by atoms with Crippen molar-refractivity contribution in [3.8, 4) is 23.0 Å². The third-order valence-electron chi connectivity index (χ3n) is 3.95. The average molecular weight is 373 g/mol. The third kappa shape index (κ3) is 3.28. The molecule has 9 heteroatoms. The van der Waals surface area contributed by atoms with E-state index in [2.05, 4.69) is 25.4 Å². The molecule has 134 valence electrons. The highest BCUT2D eigenvalue weighted by atomic mass is 35.5. The molecular formula is C17H17ClN6O2. The van der Waals surface area contributed by atoms with E-state index in [9.17, 15) is 0 Å². The highest BCUT2D eigenvalue weighted by Gasteiger charge is 2.17. The predicted octanol–water partition coefficient (Wildman–Crippen LogP) is 3.22. The van der Waals surface area contributed by atoms with E-state index in [1.807, 2.05) is 14.0 Å². The number of aromatic nitrogens is 5. The van der Waals surface area contributed by atoms with Crippen LogP contribution in [0.4, 0.5) is 11.6 Å². The molecule has 0 aromatic carbocycles. The molecular weight excluding hydrogens is 356 g/mol. The van der Waals surface area contributed by atoms with E-state index >= 15 is 0 Å². The summed E-state index contributed by atoms with van der Waals surface area (Å²) in [5, 5.41) is 7.86. The van der Waals surface area contributed by atoms with Gasteiger partial charge in [0.2, 0.25) is 5.88 Å². The van der Waals surface area contributed by atoms with Crippen molar-refractivity contribution in [3.05, 3.63) is 35.7 Å². The first-order valence-corrected chi connectivity index (χ1v) is 8.55. The third-order valence-corrected chi connectivity index (χ3v) is 4.23. The summed E-state index contributed by atoms with van der Waals surface area (Å²) in [6.07, 6.45) is 5.50. The molecule has 0 unspecified atom stereocenters. The monoisotopic (exact) mass is 372 g/mol. The molecule has 1 atom stereocenters. The van der Waals surface area contributed by atoms with Crippen LogP contribution < -0.4 is 14.8 Å². The molecule has 1 aliphatic heterocycles. The van der Waals surface area contributed by atoms with Gasteiger partial charge in [-0.05, 0) is 13.0 Å². The van der Waals surface area contributed by atoms with Crippen LogP contribution >= 0.6 is 11.6 Å². The van der Waals surface area contributed by atoms with Gasteiger partial charge in [-0.15, -0.1) is 0 Å². The fraction of sp³-hybridized carbons (Fsp3) is 0.294. The lowest BCUT2D eigenvalue weighted by Gasteiger charge is -2.18. The Morgan fingerprint density at radius 2 is 2.15 bits per heavy atom. The molecule has 0 fully saturated rings. The zero-order valence-electron chi connectivity index (χ0n) is 14.3. The summed E-state index contributed by atoms with van der Waals surface area (Å²) in [7, 11) is 1.82. The second kappa shape index (κ2) is 6.80. The van der Waals surface area contributed by atoms with Gasteiger partial charge in [0.25, 0.3) is 0 Å². The van der Waals surface area contributed by atoms with Crippen molar-refractivity contribution in [3.63, 3.8) is 0 Å². The van der Waals surface area contributed by atoms with Gasteiger partial charge in [-0.25, -0.2) is 19.6 Å². The van der Waals surface area contributed by atoms with Crippen LogP contribution in [-0.4, -0.2) is 37.4 Å². The SMILES string of the molecule is C[C@H]1CCOc2c(cnn2C)-c2nccc(n2)Nc2cc(c(Cl)cn2)O1. The lowest BCUT2D eigenvalue weighted by atomic mass is 10.3. The molecule has 8 nitrogen and oxygen atoms in total. The minimum absolute atomic E-state index is 0.0866. The Bertz CT molecular complexity index is 945. The molecule has 4 rings (SSSR count). The Labute approximate surface area is 155 Å². The zero-order chi connectivity index (χ0) is 18.1. The van der Waals surface area contributed by atoms with Crippen LogP contribution in [0.1, 0.15) is 13.3 Å². The van der Waals surface area contributed by atoms with E-state index in [0.29, 0.717) is 47.1 Å². The Hall–Kier alpha value is -2.87. The highest BCUT2D eigenvalue weighted by molar-refractivity contribution is 6.32. The van der Waals surface area contributed by atoms with Crippen LogP contribution in [0.25, 0.3) is 11.4 Å². The lowest BCUT2D eigenvalue weighted by molar-refractivity contribution is 0.172. The molecule has 1 aliphatic rings. The first kappa shape index (κ1) is 16.6. The van der Waals surface area contributed by atoms with Crippen LogP contribution in [0.5, 0.6) is 11.6 Å². The second-order valence-corrected chi connectivity index (χ2v) is 6.35. The highest BCUT2D eigenvalue weighted by Crippen LogP contribution is 2.31. The van der Waals surface area contributed by atoms with Gasteiger partial charge in [-0.1, -0.05) is 11.6 Å². The number of fused-ring (bicyclic) bond motifs is 6. The van der Waals surface area contributed by atoms with Crippen LogP contribution in [0.3, 0.4) is 0 Å². The molecule has 0 radical (unpaired) electrons. The van der Waals surface area contributed by atoms with Gasteiger partial charge >= 0.3 is 0 Å². The van der Waals surface area contributed by atoms with Crippen molar-refractivity contribution in [2.24, 2.45) is 7.05 Å². The summed E-state index contributed by atoms with van der Waals surface area (Å²) < 4.78 is 13.5. The van der Waals surface area contributed by atoms with Gasteiger partial charge in [-0.2, -0.15) is 5.10 Å². The van der Waals surface area contributed by atoms with Gasteiger partial charge in [0.1, 0.15) is 28.0 Å². The number of nitrogens with zero attached hydrogens (tertiary/aromatic N) is 5. The van der Waals surface area contributed by atoms with E-state index < -0.39 is 0 Å². The summed E-state index contributed by atoms with van der Waals surface area (Å²) in [6, 6.07) is 3.51. The maximum Gasteiger partial charge on any atom is 0.222 e. The number of rotatable bonds is 0. The predicted molar refractivity (Wildman–Crippen MR) is 97.0 cm³/mol. The lowest BCUT2D eigenvalue weighted by Crippen LogP contribution is -2.17. The molecule has 3 aromatic rings.